The van der Waals surface area contributed by atoms with Gasteiger partial charge < -0.3 is 65.1 Å². The molecule has 12 atom stereocenters. The summed E-state index contributed by atoms with van der Waals surface area (Å²) in [5.41, 5.74) is 0. The highest BCUT2D eigenvalue weighted by atomic mass is 16.7. The Hall–Kier alpha value is -1.53. The molecule has 1 amide bonds. The number of carbonyl (C=O) groups excluding carboxylic acids is 1. The fraction of sp³-hybridized carbons (Fsp3) is 0.938. The van der Waals surface area contributed by atoms with Crippen molar-refractivity contribution in [1.29, 1.82) is 0 Å². The van der Waals surface area contributed by atoms with Crippen LogP contribution in [0.5, 0.6) is 0 Å². The van der Waals surface area contributed by atoms with Crippen LogP contribution >= 0.6 is 0 Å². The highest BCUT2D eigenvalue weighted by Crippen LogP contribution is 2.30. The lowest BCUT2D eigenvalue weighted by Crippen LogP contribution is -2.65. The SMILES string of the molecule is CCCCCCCCCC/C=C\CCCCCCCCCCCCCCCCCCCCCC(=O)NC(COC1OC(CO)C(OC2OC(CO)C(O)C(O)C2O)C(O)C1O)C(O)/C=C/CCCCCCCCCCCCCCCCCCCCCCCCCCCCCC. The molecule has 0 bridgehead atoms. The Morgan fingerprint density at radius 2 is 0.663 bits per heavy atom. The number of allylic oxidation sites excluding steroid dienone is 3. The number of hydrogen-bond acceptors (Lipinski definition) is 13. The molecule has 2 aliphatic heterocycles. The van der Waals surface area contributed by atoms with Crippen molar-refractivity contribution in [3.05, 3.63) is 24.3 Å². The molecule has 0 radical (unpaired) electrons. The number of unbranched alkanes of at least 4 members (excludes halogenated alkanes) is 55. The lowest BCUT2D eigenvalue weighted by Gasteiger charge is -2.46. The van der Waals surface area contributed by atoms with Crippen LogP contribution in [0.1, 0.15) is 393 Å². The van der Waals surface area contributed by atoms with Crippen LogP contribution < -0.4 is 5.32 Å². The van der Waals surface area contributed by atoms with E-state index in [0.717, 1.165) is 38.5 Å². The molecule has 2 saturated heterocycles. The lowest BCUT2D eigenvalue weighted by atomic mass is 9.97. The highest BCUT2D eigenvalue weighted by Gasteiger charge is 2.51. The zero-order valence-corrected chi connectivity index (χ0v) is 61.7. The van der Waals surface area contributed by atoms with E-state index >= 15 is 0 Å². The van der Waals surface area contributed by atoms with Gasteiger partial charge in [0.25, 0.3) is 0 Å². The summed E-state index contributed by atoms with van der Waals surface area (Å²) in [6.45, 7) is 2.87. The summed E-state index contributed by atoms with van der Waals surface area (Å²) in [5.74, 6) is -0.230. The zero-order valence-electron chi connectivity index (χ0n) is 61.7. The summed E-state index contributed by atoms with van der Waals surface area (Å²) in [7, 11) is 0. The van der Waals surface area contributed by atoms with Gasteiger partial charge in [0.15, 0.2) is 12.6 Å². The van der Waals surface area contributed by atoms with E-state index in [1.807, 2.05) is 6.08 Å². The minimum atomic E-state index is -1.79. The molecule has 12 unspecified atom stereocenters. The number of aliphatic hydroxyl groups is 8. The Labute approximate surface area is 583 Å². The molecule has 562 valence electrons. The smallest absolute Gasteiger partial charge is 0.220 e. The van der Waals surface area contributed by atoms with E-state index < -0.39 is 86.8 Å². The molecule has 0 aliphatic carbocycles. The molecule has 14 nitrogen and oxygen atoms in total. The standard InChI is InChI=1S/C81H155NO13/c1-3-5-7-9-11-13-15-17-19-21-23-25-27-29-31-33-35-37-39-41-43-45-47-49-51-53-55-57-59-61-63-65-73(86)82-69(68-92-80-78(91)76(89)79(72(67-84)94-80)95-81-77(90)75(88)74(87)71(66-83)93-81)70(85)64-62-60-58-56-54-52-50-48-46-44-42-40-38-36-34-32-30-28-26-24-22-20-18-16-14-12-10-8-6-4-2/h21,23,62,64,69-72,74-81,83-85,87-91H,3-20,22,24-61,63,65-68H2,1-2H3,(H,82,86)/b23-21-,64-62+. The van der Waals surface area contributed by atoms with Crippen molar-refractivity contribution < 1.29 is 64.6 Å². The second kappa shape index (κ2) is 65.8. The molecule has 0 aromatic heterocycles. The molecule has 95 heavy (non-hydrogen) atoms. The van der Waals surface area contributed by atoms with Gasteiger partial charge in [-0.1, -0.05) is 366 Å². The fourth-order valence-corrected chi connectivity index (χ4v) is 13.9. The monoisotopic (exact) mass is 1350 g/mol. The average Bonchev–Trinajstić information content (AvgIpc) is 0.801. The molecule has 0 aromatic rings. The first-order chi connectivity index (χ1) is 46.6. The molecule has 2 fully saturated rings. The minimum absolute atomic E-state index is 0.230. The summed E-state index contributed by atoms with van der Waals surface area (Å²) < 4.78 is 22.9. The number of aliphatic hydroxyl groups excluding tert-OH is 8. The van der Waals surface area contributed by atoms with E-state index in [2.05, 4.69) is 31.3 Å². The topological polar surface area (TPSA) is 228 Å². The van der Waals surface area contributed by atoms with Gasteiger partial charge >= 0.3 is 0 Å². The predicted octanol–water partition coefficient (Wildman–Crippen LogP) is 18.6. The highest BCUT2D eigenvalue weighted by molar-refractivity contribution is 5.76. The third-order valence-corrected chi connectivity index (χ3v) is 20.4. The van der Waals surface area contributed by atoms with Crippen molar-refractivity contribution in [3.63, 3.8) is 0 Å². The zero-order chi connectivity index (χ0) is 68.7. The summed E-state index contributed by atoms with van der Waals surface area (Å²) in [6.07, 6.45) is 68.4. The maximum Gasteiger partial charge on any atom is 0.220 e. The Bertz CT molecular complexity index is 1690. The van der Waals surface area contributed by atoms with Gasteiger partial charge in [-0.3, -0.25) is 4.79 Å². The molecular weight excluding hydrogens is 1190 g/mol. The second-order valence-corrected chi connectivity index (χ2v) is 29.3. The van der Waals surface area contributed by atoms with Crippen LogP contribution in [0.15, 0.2) is 24.3 Å². The third kappa shape index (κ3) is 48.9. The van der Waals surface area contributed by atoms with Crippen LogP contribution in [0, 0.1) is 0 Å². The van der Waals surface area contributed by atoms with Crippen LogP contribution in [-0.2, 0) is 23.7 Å². The van der Waals surface area contributed by atoms with E-state index in [1.54, 1.807) is 6.08 Å². The van der Waals surface area contributed by atoms with Crippen molar-refractivity contribution in [1.82, 2.24) is 5.32 Å². The third-order valence-electron chi connectivity index (χ3n) is 20.4. The fourth-order valence-electron chi connectivity index (χ4n) is 13.9. The number of amides is 1. The van der Waals surface area contributed by atoms with Crippen molar-refractivity contribution in [2.45, 2.75) is 466 Å². The summed E-state index contributed by atoms with van der Waals surface area (Å²) in [6, 6.07) is -0.914. The predicted molar refractivity (Wildman–Crippen MR) is 392 cm³/mol. The summed E-state index contributed by atoms with van der Waals surface area (Å²) in [4.78, 5) is 13.4. The van der Waals surface area contributed by atoms with E-state index in [4.69, 9.17) is 18.9 Å². The van der Waals surface area contributed by atoms with Crippen molar-refractivity contribution in [3.8, 4) is 0 Å². The van der Waals surface area contributed by atoms with Gasteiger partial charge in [0.2, 0.25) is 5.91 Å². The first-order valence-electron chi connectivity index (χ1n) is 41.1. The summed E-state index contributed by atoms with van der Waals surface area (Å²) in [5, 5.41) is 87.7. The van der Waals surface area contributed by atoms with Gasteiger partial charge in [0.05, 0.1) is 32.0 Å². The van der Waals surface area contributed by atoms with Gasteiger partial charge in [0, 0.05) is 6.42 Å². The van der Waals surface area contributed by atoms with Gasteiger partial charge in [-0.25, -0.2) is 0 Å². The van der Waals surface area contributed by atoms with Crippen LogP contribution in [-0.4, -0.2) is 140 Å². The molecule has 2 heterocycles. The number of ether oxygens (including phenoxy) is 4. The molecule has 0 spiro atoms. The molecule has 9 N–H and O–H groups in total. The quantitative estimate of drug-likeness (QED) is 0.0204. The largest absolute Gasteiger partial charge is 0.394 e. The van der Waals surface area contributed by atoms with Crippen LogP contribution in [0.4, 0.5) is 0 Å². The molecule has 2 rings (SSSR count). The summed E-state index contributed by atoms with van der Waals surface area (Å²) >= 11 is 0. The number of rotatable bonds is 70. The Kier molecular flexibility index (Phi) is 62.0. The van der Waals surface area contributed by atoms with Crippen LogP contribution in [0.3, 0.4) is 0 Å². The first kappa shape index (κ1) is 89.6. The van der Waals surface area contributed by atoms with E-state index in [1.165, 1.54) is 327 Å². The molecule has 0 aromatic carbocycles. The molecular formula is C81H155NO13. The van der Waals surface area contributed by atoms with Gasteiger partial charge in [-0.15, -0.1) is 0 Å². The van der Waals surface area contributed by atoms with Gasteiger partial charge in [-0.2, -0.15) is 0 Å². The molecule has 2 aliphatic rings. The van der Waals surface area contributed by atoms with E-state index in [-0.39, 0.29) is 18.9 Å². The Morgan fingerprint density at radius 3 is 1.00 bits per heavy atom. The van der Waals surface area contributed by atoms with Crippen molar-refractivity contribution in [2.24, 2.45) is 0 Å². The minimum Gasteiger partial charge on any atom is -0.394 e. The van der Waals surface area contributed by atoms with Gasteiger partial charge in [-0.05, 0) is 44.9 Å². The maximum absolute atomic E-state index is 13.4. The van der Waals surface area contributed by atoms with Crippen LogP contribution in [0.2, 0.25) is 0 Å². The van der Waals surface area contributed by atoms with Crippen LogP contribution in [0.25, 0.3) is 0 Å². The average molecular weight is 1350 g/mol. The number of nitrogens with one attached hydrogen (secondary N) is 1. The second-order valence-electron chi connectivity index (χ2n) is 29.3. The van der Waals surface area contributed by atoms with Gasteiger partial charge in [0.1, 0.15) is 48.8 Å². The van der Waals surface area contributed by atoms with E-state index in [0.29, 0.717) is 6.42 Å². The Morgan fingerprint density at radius 1 is 0.368 bits per heavy atom. The molecule has 14 heteroatoms. The number of hydrogen-bond donors (Lipinski definition) is 9. The van der Waals surface area contributed by atoms with Crippen molar-refractivity contribution in [2.75, 3.05) is 19.8 Å². The number of carbonyl (C=O) groups is 1. The first-order valence-corrected chi connectivity index (χ1v) is 41.1. The van der Waals surface area contributed by atoms with Crippen molar-refractivity contribution >= 4 is 5.91 Å². The molecule has 0 saturated carbocycles. The maximum atomic E-state index is 13.4. The van der Waals surface area contributed by atoms with E-state index in [9.17, 15) is 45.6 Å². The normalized spacial score (nSPS) is 22.4. The Balaban J connectivity index is 1.61. The lowest BCUT2D eigenvalue weighted by molar-refractivity contribution is -0.359.